The Labute approximate surface area is 128 Å². The van der Waals surface area contributed by atoms with E-state index in [9.17, 15) is 0 Å². The number of halogens is 1. The number of hydrogen-bond acceptors (Lipinski definition) is 4. The zero-order valence-corrected chi connectivity index (χ0v) is 14.3. The maximum Gasteiger partial charge on any atom is 0.0916 e. The van der Waals surface area contributed by atoms with E-state index in [0.717, 1.165) is 5.92 Å². The molecule has 120 valence electrons. The van der Waals surface area contributed by atoms with Crippen LogP contribution in [0.5, 0.6) is 0 Å². The van der Waals surface area contributed by atoms with Crippen LogP contribution in [0, 0.1) is 5.92 Å². The summed E-state index contributed by atoms with van der Waals surface area (Å²) >= 11 is 5.75. The largest absolute Gasteiger partial charge is 0.748 e. The molecule has 7 heteroatoms. The van der Waals surface area contributed by atoms with Gasteiger partial charge in [-0.2, -0.15) is 0 Å². The summed E-state index contributed by atoms with van der Waals surface area (Å²) in [5.41, 5.74) is 0.0862. The maximum absolute atomic E-state index is 9.08. The monoisotopic (exact) mass is 326 g/mol. The van der Waals surface area contributed by atoms with E-state index in [1.54, 1.807) is 0 Å². The number of nitrogens with zero attached hydrogens (tertiary/aromatic N) is 1. The number of piperidine rings is 3. The summed E-state index contributed by atoms with van der Waals surface area (Å²) < 4.78 is 28.6. The van der Waals surface area contributed by atoms with Crippen LogP contribution in [-0.4, -0.2) is 55.4 Å². The molecule has 3 fully saturated rings. The van der Waals surface area contributed by atoms with Crippen LogP contribution in [-0.2, 0) is 10.1 Å². The molecule has 20 heavy (non-hydrogen) atoms. The summed E-state index contributed by atoms with van der Waals surface area (Å²) in [6, 6.07) is 0. The van der Waals surface area contributed by atoms with E-state index < -0.39 is 10.1 Å². The smallest absolute Gasteiger partial charge is 0.0916 e. The third-order valence-corrected chi connectivity index (χ3v) is 5.01. The highest BCUT2D eigenvalue weighted by molar-refractivity contribution is 7.84. The van der Waals surface area contributed by atoms with Crippen molar-refractivity contribution >= 4 is 21.9 Å². The first-order valence-corrected chi connectivity index (χ1v) is 9.38. The van der Waals surface area contributed by atoms with Gasteiger partial charge in [-0.1, -0.05) is 0 Å². The first kappa shape index (κ1) is 18.2. The highest BCUT2D eigenvalue weighted by Crippen LogP contribution is 2.34. The van der Waals surface area contributed by atoms with Crippen LogP contribution in [0.4, 0.5) is 0 Å². The second-order valence-corrected chi connectivity index (χ2v) is 8.50. The summed E-state index contributed by atoms with van der Waals surface area (Å²) in [6.45, 7) is 9.94. The molecule has 3 heterocycles. The van der Waals surface area contributed by atoms with Crippen LogP contribution in [0.2, 0.25) is 0 Å². The minimum absolute atomic E-state index is 0.0862. The van der Waals surface area contributed by atoms with Crippen LogP contribution in [0.3, 0.4) is 0 Å². The molecule has 0 radical (unpaired) electrons. The van der Waals surface area contributed by atoms with Gasteiger partial charge in [0.15, 0.2) is 0 Å². The number of fused-ring (bicyclic) bond motifs is 3. The van der Waals surface area contributed by atoms with Crippen LogP contribution in [0.25, 0.3) is 0 Å². The van der Waals surface area contributed by atoms with E-state index in [1.165, 1.54) is 56.3 Å². The van der Waals surface area contributed by atoms with Crippen molar-refractivity contribution in [3.05, 3.63) is 0 Å². The fourth-order valence-corrected chi connectivity index (χ4v) is 3.13. The average molecular weight is 327 g/mol. The number of nitrogens with one attached hydrogen (secondary N) is 1. The van der Waals surface area contributed by atoms with Gasteiger partial charge in [-0.25, -0.2) is 13.3 Å². The lowest BCUT2D eigenvalue weighted by atomic mass is 9.85. The summed E-state index contributed by atoms with van der Waals surface area (Å²) in [7, 11) is -3.92. The highest BCUT2D eigenvalue weighted by atomic mass is 35.5. The van der Waals surface area contributed by atoms with Crippen molar-refractivity contribution in [2.75, 3.05) is 32.4 Å². The third kappa shape index (κ3) is 6.72. The molecular formula is C13H27ClN2O3S. The topological polar surface area (TPSA) is 69.2 Å². The van der Waals surface area contributed by atoms with E-state index >= 15 is 0 Å². The third-order valence-electron chi connectivity index (χ3n) is 4.50. The predicted molar refractivity (Wildman–Crippen MR) is 80.4 cm³/mol. The molecule has 0 saturated carbocycles. The van der Waals surface area contributed by atoms with Gasteiger partial charge in [0.2, 0.25) is 0 Å². The van der Waals surface area contributed by atoms with Crippen LogP contribution in [0.1, 0.15) is 39.5 Å². The van der Waals surface area contributed by atoms with Gasteiger partial charge in [0.05, 0.1) is 36.3 Å². The van der Waals surface area contributed by atoms with Crippen molar-refractivity contribution in [1.29, 1.82) is 0 Å². The fourth-order valence-electron chi connectivity index (χ4n) is 3.04. The van der Waals surface area contributed by atoms with Gasteiger partial charge in [-0.3, -0.25) is 0 Å². The normalized spacial score (nSPS) is 29.8. The van der Waals surface area contributed by atoms with E-state index in [-0.39, 0.29) is 5.54 Å². The zero-order chi connectivity index (χ0) is 15.4. The molecule has 2 bridgehead atoms. The summed E-state index contributed by atoms with van der Waals surface area (Å²) in [6.07, 6.45) is 6.19. The lowest BCUT2D eigenvalue weighted by Gasteiger charge is -2.50. The van der Waals surface area contributed by atoms with Crippen molar-refractivity contribution < 1.29 is 17.5 Å². The molecule has 3 rings (SSSR count). The van der Waals surface area contributed by atoms with E-state index in [1.807, 2.05) is 0 Å². The molecule has 0 aromatic heterocycles. The molecule has 0 aliphatic carbocycles. The minimum atomic E-state index is -3.92. The quantitative estimate of drug-likeness (QED) is 0.485. The second-order valence-electron chi connectivity index (χ2n) is 6.90. The molecule has 3 aliphatic rings. The van der Waals surface area contributed by atoms with Crippen molar-refractivity contribution in [2.45, 2.75) is 45.1 Å². The lowest BCUT2D eigenvalue weighted by molar-refractivity contribution is -0.943. The van der Waals surface area contributed by atoms with Crippen LogP contribution >= 0.6 is 11.8 Å². The molecular weight excluding hydrogens is 300 g/mol. The fraction of sp³-hybridized carbons (Fsp3) is 1.00. The first-order valence-electron chi connectivity index (χ1n) is 7.19. The predicted octanol–water partition coefficient (Wildman–Crippen LogP) is 1.69. The lowest BCUT2D eigenvalue weighted by Crippen LogP contribution is -2.59. The molecule has 0 aromatic rings. The number of quaternary nitrogens is 1. The van der Waals surface area contributed by atoms with Gasteiger partial charge < -0.3 is 9.04 Å². The maximum atomic E-state index is 9.08. The molecule has 3 aliphatic heterocycles. The van der Waals surface area contributed by atoms with Crippen LogP contribution < -0.4 is 4.84 Å². The minimum Gasteiger partial charge on any atom is -0.748 e. The van der Waals surface area contributed by atoms with Crippen molar-refractivity contribution in [3.8, 4) is 0 Å². The van der Waals surface area contributed by atoms with Gasteiger partial charge in [0.25, 0.3) is 0 Å². The van der Waals surface area contributed by atoms with Crippen molar-refractivity contribution in [2.24, 2.45) is 5.92 Å². The molecule has 0 amide bonds. The Bertz CT molecular complexity index is 382. The van der Waals surface area contributed by atoms with Gasteiger partial charge in [0, 0.05) is 18.2 Å². The molecule has 1 N–H and O–H groups in total. The Kier molecular flexibility index (Phi) is 6.29. The Morgan fingerprint density at radius 2 is 1.65 bits per heavy atom. The molecule has 0 unspecified atom stereocenters. The van der Waals surface area contributed by atoms with Gasteiger partial charge >= 0.3 is 0 Å². The van der Waals surface area contributed by atoms with Gasteiger partial charge in [0.1, 0.15) is 0 Å². The van der Waals surface area contributed by atoms with Crippen molar-refractivity contribution in [1.82, 2.24) is 4.84 Å². The standard InChI is InChI=1S/C12H24ClN2.CH4O3S/c1-12(2,14-13)6-10-15-7-3-11(4-8-15)5-9-15;1-5(2,3)4/h11,14H,3-10H2,1-2H3;1H3,(H,2,3,4)/q+1;/p-1. The Hall–Kier alpha value is 0.120. The molecule has 0 aromatic carbocycles. The van der Waals surface area contributed by atoms with Gasteiger partial charge in [-0.05, 0) is 50.8 Å². The Balaban J connectivity index is 0.000000347. The second kappa shape index (κ2) is 6.92. The summed E-state index contributed by atoms with van der Waals surface area (Å²) in [4.78, 5) is 2.90. The highest BCUT2D eigenvalue weighted by Gasteiger charge is 2.40. The van der Waals surface area contributed by atoms with E-state index in [0.29, 0.717) is 6.26 Å². The molecule has 3 saturated heterocycles. The summed E-state index contributed by atoms with van der Waals surface area (Å²) in [5.74, 6) is 1.06. The van der Waals surface area contributed by atoms with E-state index in [4.69, 9.17) is 24.7 Å². The SMILES string of the molecule is CC(C)(CC[N+]12CCC(CC1)CC2)NCl.CS(=O)(=O)[O-]. The Morgan fingerprint density at radius 3 is 2.00 bits per heavy atom. The molecule has 0 atom stereocenters. The van der Waals surface area contributed by atoms with E-state index in [2.05, 4.69) is 18.7 Å². The molecule has 5 nitrogen and oxygen atoms in total. The zero-order valence-electron chi connectivity index (χ0n) is 12.7. The molecule has 0 spiro atoms. The number of hydrogen-bond donors (Lipinski definition) is 1. The average Bonchev–Trinajstić information content (AvgIpc) is 2.37. The Morgan fingerprint density at radius 1 is 1.25 bits per heavy atom. The number of rotatable bonds is 4. The van der Waals surface area contributed by atoms with Crippen molar-refractivity contribution in [3.63, 3.8) is 0 Å². The first-order chi connectivity index (χ1) is 9.05. The van der Waals surface area contributed by atoms with Crippen LogP contribution in [0.15, 0.2) is 0 Å². The van der Waals surface area contributed by atoms with Gasteiger partial charge in [-0.15, -0.1) is 0 Å². The summed E-state index contributed by atoms with van der Waals surface area (Å²) in [5, 5.41) is 0.